The van der Waals surface area contributed by atoms with Crippen LogP contribution in [0.2, 0.25) is 0 Å². The molecule has 0 saturated carbocycles. The highest BCUT2D eigenvalue weighted by atomic mass is 15.0. The molecule has 16 aromatic rings. The van der Waals surface area contributed by atoms with Crippen LogP contribution in [0.15, 0.2) is 267 Å². The molecule has 2 aliphatic rings. The summed E-state index contributed by atoms with van der Waals surface area (Å²) in [6.45, 7) is 13.4. The minimum atomic E-state index is -0.0661. The van der Waals surface area contributed by atoms with Gasteiger partial charge in [0.1, 0.15) is 0 Å². The van der Waals surface area contributed by atoms with Gasteiger partial charge in [-0.05, 0) is 142 Å². The number of rotatable bonds is 4. The van der Waals surface area contributed by atoms with E-state index in [1.807, 2.05) is 13.8 Å². The van der Waals surface area contributed by atoms with Crippen LogP contribution in [0.5, 0.6) is 0 Å². The van der Waals surface area contributed by atoms with Crippen LogP contribution in [0.3, 0.4) is 0 Å². The standard InChI is InChI=1S/2C39H28N2.C2H6/c2*1-39(2)33-21-19-25(40-35-15-7-3-11-27(35)28-12-4-8-16-36(28)40)23-31(33)32-24-26(20-22-34(32)39)41-37-17-9-5-13-29(37)30-14-6-10-18-38(30)41;1-2/h2*3-24H,1-2H3;1-2H3. The molecule has 0 unspecified atom stereocenters. The number of hydrogen-bond donors (Lipinski definition) is 0. The summed E-state index contributed by atoms with van der Waals surface area (Å²) in [6.07, 6.45) is 0. The van der Waals surface area contributed by atoms with Gasteiger partial charge in [-0.25, -0.2) is 0 Å². The van der Waals surface area contributed by atoms with Crippen LogP contribution in [-0.4, -0.2) is 18.3 Å². The highest BCUT2D eigenvalue weighted by molar-refractivity contribution is 6.12. The van der Waals surface area contributed by atoms with E-state index >= 15 is 0 Å². The molecule has 0 saturated heterocycles. The van der Waals surface area contributed by atoms with E-state index in [9.17, 15) is 0 Å². The van der Waals surface area contributed by atoms with Crippen LogP contribution in [0.1, 0.15) is 63.8 Å². The van der Waals surface area contributed by atoms with Crippen molar-refractivity contribution in [3.63, 3.8) is 0 Å². The zero-order valence-corrected chi connectivity index (χ0v) is 48.2. The normalized spacial score (nSPS) is 13.5. The average Bonchev–Trinajstić information content (AvgIpc) is 4.14. The van der Waals surface area contributed by atoms with Gasteiger partial charge in [0.15, 0.2) is 0 Å². The van der Waals surface area contributed by atoms with E-state index in [4.69, 9.17) is 0 Å². The molecule has 0 fully saturated rings. The molecule has 0 atom stereocenters. The Morgan fingerprint density at radius 3 is 0.524 bits per heavy atom. The molecule has 0 bridgehead atoms. The Morgan fingerprint density at radius 2 is 0.357 bits per heavy atom. The second-order valence-electron chi connectivity index (χ2n) is 23.6. The monoisotopic (exact) mass is 1080 g/mol. The summed E-state index contributed by atoms with van der Waals surface area (Å²) >= 11 is 0. The lowest BCUT2D eigenvalue weighted by Crippen LogP contribution is -2.15. The summed E-state index contributed by atoms with van der Waals surface area (Å²) in [6, 6.07) is 98.3. The zero-order chi connectivity index (χ0) is 56.6. The lowest BCUT2D eigenvalue weighted by atomic mass is 9.82. The van der Waals surface area contributed by atoms with Gasteiger partial charge in [-0.3, -0.25) is 0 Å². The summed E-state index contributed by atoms with van der Waals surface area (Å²) < 4.78 is 9.69. The van der Waals surface area contributed by atoms with Crippen molar-refractivity contribution in [3.05, 3.63) is 289 Å². The summed E-state index contributed by atoms with van der Waals surface area (Å²) in [5.74, 6) is 0. The molecule has 4 aromatic heterocycles. The molecule has 4 nitrogen and oxygen atoms in total. The molecule has 0 radical (unpaired) electrons. The van der Waals surface area contributed by atoms with Crippen molar-refractivity contribution < 1.29 is 0 Å². The zero-order valence-electron chi connectivity index (χ0n) is 48.2. The highest BCUT2D eigenvalue weighted by Crippen LogP contribution is 2.53. The Balaban J connectivity index is 0.000000133. The topological polar surface area (TPSA) is 19.7 Å². The van der Waals surface area contributed by atoms with Gasteiger partial charge in [0.25, 0.3) is 0 Å². The van der Waals surface area contributed by atoms with Crippen molar-refractivity contribution in [2.24, 2.45) is 0 Å². The molecule has 18 rings (SSSR count). The van der Waals surface area contributed by atoms with Gasteiger partial charge in [0.05, 0.1) is 44.1 Å². The Kier molecular flexibility index (Phi) is 11.0. The number of nitrogens with zero attached hydrogens (tertiary/aromatic N) is 4. The first-order valence-corrected chi connectivity index (χ1v) is 29.8. The molecule has 2 aliphatic carbocycles. The molecule has 84 heavy (non-hydrogen) atoms. The quantitative estimate of drug-likeness (QED) is 0.167. The maximum atomic E-state index is 2.42. The summed E-state index contributed by atoms with van der Waals surface area (Å²) in [7, 11) is 0. The molecule has 402 valence electrons. The highest BCUT2D eigenvalue weighted by Gasteiger charge is 2.38. The Bertz CT molecular complexity index is 4480. The van der Waals surface area contributed by atoms with Gasteiger partial charge < -0.3 is 18.3 Å². The Morgan fingerprint density at radius 1 is 0.202 bits per heavy atom. The van der Waals surface area contributed by atoms with E-state index in [1.165, 1.54) is 154 Å². The molecule has 4 heteroatoms. The van der Waals surface area contributed by atoms with Crippen molar-refractivity contribution in [2.45, 2.75) is 52.4 Å². The van der Waals surface area contributed by atoms with E-state index < -0.39 is 0 Å². The smallest absolute Gasteiger partial charge is 0.0541 e. The van der Waals surface area contributed by atoms with E-state index in [1.54, 1.807) is 0 Å². The van der Waals surface area contributed by atoms with E-state index in [-0.39, 0.29) is 10.8 Å². The van der Waals surface area contributed by atoms with Gasteiger partial charge in [-0.15, -0.1) is 0 Å². The largest absolute Gasteiger partial charge is 0.309 e. The predicted octanol–water partition coefficient (Wildman–Crippen LogP) is 21.4. The number of benzene rings is 12. The minimum absolute atomic E-state index is 0.0661. The number of para-hydroxylation sites is 8. The van der Waals surface area contributed by atoms with Gasteiger partial charge >= 0.3 is 0 Å². The van der Waals surface area contributed by atoms with Gasteiger partial charge in [0.2, 0.25) is 0 Å². The SMILES string of the molecule is CC.CC1(C)c2ccc(-n3c4ccccc4c4ccccc43)cc2-c2cc(-n3c4ccccc4c4ccccc43)ccc21.CC1(C)c2ccc(-n3c4ccccc4c4ccccc43)cc2-c2cc(-n3c4ccccc4c4ccccc43)ccc21. The van der Waals surface area contributed by atoms with E-state index in [0.717, 1.165) is 0 Å². The molecule has 0 aliphatic heterocycles. The predicted molar refractivity (Wildman–Crippen MR) is 357 cm³/mol. The van der Waals surface area contributed by atoms with E-state index in [2.05, 4.69) is 313 Å². The van der Waals surface area contributed by atoms with Crippen molar-refractivity contribution in [1.82, 2.24) is 18.3 Å². The first-order chi connectivity index (χ1) is 41.2. The molecule has 0 spiro atoms. The molecular weight excluding hydrogens is 1020 g/mol. The van der Waals surface area contributed by atoms with Crippen molar-refractivity contribution in [2.75, 3.05) is 0 Å². The van der Waals surface area contributed by atoms with Crippen LogP contribution >= 0.6 is 0 Å². The van der Waals surface area contributed by atoms with Crippen molar-refractivity contribution in [1.29, 1.82) is 0 Å². The Hall–Kier alpha value is -10.2. The van der Waals surface area contributed by atoms with Crippen LogP contribution in [0.25, 0.3) is 132 Å². The Labute approximate surface area is 489 Å². The molecular formula is C80H62N4. The molecule has 12 aromatic carbocycles. The van der Waals surface area contributed by atoms with Crippen molar-refractivity contribution in [3.8, 4) is 45.0 Å². The number of hydrogen-bond acceptors (Lipinski definition) is 0. The fourth-order valence-corrected chi connectivity index (χ4v) is 14.8. The van der Waals surface area contributed by atoms with Crippen molar-refractivity contribution >= 4 is 87.2 Å². The van der Waals surface area contributed by atoms with E-state index in [0.29, 0.717) is 0 Å². The van der Waals surface area contributed by atoms with Crippen LogP contribution in [0, 0.1) is 0 Å². The first kappa shape index (κ1) is 49.6. The molecule has 4 heterocycles. The molecule has 0 N–H and O–H groups in total. The minimum Gasteiger partial charge on any atom is -0.309 e. The summed E-state index contributed by atoms with van der Waals surface area (Å²) in [4.78, 5) is 0. The third-order valence-corrected chi connectivity index (χ3v) is 18.6. The fourth-order valence-electron chi connectivity index (χ4n) is 14.8. The van der Waals surface area contributed by atoms with Crippen LogP contribution in [-0.2, 0) is 10.8 Å². The maximum absolute atomic E-state index is 2.42. The average molecular weight is 1080 g/mol. The van der Waals surface area contributed by atoms with Gasteiger partial charge in [-0.2, -0.15) is 0 Å². The fraction of sp³-hybridized carbons (Fsp3) is 0.100. The second-order valence-corrected chi connectivity index (χ2v) is 23.6. The van der Waals surface area contributed by atoms with Crippen LogP contribution < -0.4 is 0 Å². The van der Waals surface area contributed by atoms with Gasteiger partial charge in [0, 0.05) is 76.7 Å². The second kappa shape index (κ2) is 18.7. The number of fused-ring (bicyclic) bond motifs is 18. The lowest BCUT2D eigenvalue weighted by Gasteiger charge is -2.22. The maximum Gasteiger partial charge on any atom is 0.0541 e. The van der Waals surface area contributed by atoms with Gasteiger partial charge in [-0.1, -0.05) is 211 Å². The van der Waals surface area contributed by atoms with Crippen LogP contribution in [0.4, 0.5) is 0 Å². The summed E-state index contributed by atoms with van der Waals surface area (Å²) in [5.41, 5.74) is 25.4. The molecule has 0 amide bonds. The third-order valence-electron chi connectivity index (χ3n) is 18.6. The lowest BCUT2D eigenvalue weighted by molar-refractivity contribution is 0.660. The summed E-state index contributed by atoms with van der Waals surface area (Å²) in [5, 5.41) is 10.3. The number of aromatic nitrogens is 4. The third kappa shape index (κ3) is 7.07. The first-order valence-electron chi connectivity index (χ1n) is 29.8.